The van der Waals surface area contributed by atoms with Crippen LogP contribution in [0.4, 0.5) is 11.4 Å². The molecule has 0 unspecified atom stereocenters. The Morgan fingerprint density at radius 2 is 1.60 bits per heavy atom. The Morgan fingerprint density at radius 1 is 0.851 bits per heavy atom. The predicted octanol–water partition coefficient (Wildman–Crippen LogP) is 6.19. The number of anilines is 1. The number of nitrogens with two attached hydrogens (primary N) is 1. The van der Waals surface area contributed by atoms with E-state index >= 15 is 0 Å². The topological polar surface area (TPSA) is 246 Å². The van der Waals surface area contributed by atoms with Gasteiger partial charge >= 0.3 is 0 Å². The lowest BCUT2D eigenvalue weighted by Crippen LogP contribution is -2.30. The number of nitrogens with one attached hydrogen (secondary N) is 2. The molecule has 0 saturated carbocycles. The van der Waals surface area contributed by atoms with Gasteiger partial charge in [-0.25, -0.2) is 13.6 Å². The second-order valence-corrected chi connectivity index (χ2v) is 22.1. The number of fused-ring (bicyclic) bond motifs is 2. The standard InChI is InChI=1S/C48H56N6O10S3/c1-6-7-26-53-41-15-9-8-14-38(41)47(2,3)43(53)22-17-34(18-23-44-48(4,5)39-30-37(67(62,63)64)19-21-42(39)54(44)27-11-28-65(57,58)59)40-20-16-35(32-51-40)46(56)50-25-24-45(55)52-31-33-12-10-13-36(29-33)66(49,60)61/h8-10,12-23,29-30,32H,6-7,11,24-28,31H2,1-5H3,(H5-,49,50,52,55,56,57,58,59,60,61,62,63,64)/p+1. The van der Waals surface area contributed by atoms with Gasteiger partial charge in [-0.15, -0.1) is 0 Å². The van der Waals surface area contributed by atoms with Gasteiger partial charge in [-0.05, 0) is 86.0 Å². The minimum absolute atomic E-state index is 0.0149. The molecule has 0 spiro atoms. The first kappa shape index (κ1) is 50.6. The van der Waals surface area contributed by atoms with Crippen LogP contribution in [0.3, 0.4) is 0 Å². The van der Waals surface area contributed by atoms with E-state index < -0.39 is 47.3 Å². The van der Waals surface area contributed by atoms with Crippen molar-refractivity contribution < 1.29 is 48.5 Å². The minimum atomic E-state index is -4.55. The number of pyridine rings is 1. The normalized spacial score (nSPS) is 16.4. The third-order valence-electron chi connectivity index (χ3n) is 12.0. The number of rotatable bonds is 19. The first-order valence-electron chi connectivity index (χ1n) is 21.7. The first-order valence-corrected chi connectivity index (χ1v) is 26.3. The molecule has 3 heterocycles. The smallest absolute Gasteiger partial charge is 0.294 e. The number of para-hydroxylation sites is 1. The van der Waals surface area contributed by atoms with E-state index in [1.165, 1.54) is 42.1 Å². The number of hydrogen-bond donors (Lipinski definition) is 5. The van der Waals surface area contributed by atoms with E-state index in [1.54, 1.807) is 24.3 Å². The molecule has 6 N–H and O–H groups in total. The van der Waals surface area contributed by atoms with E-state index in [1.807, 2.05) is 49.1 Å². The van der Waals surface area contributed by atoms with Gasteiger partial charge in [0.2, 0.25) is 21.6 Å². The van der Waals surface area contributed by atoms with E-state index in [-0.39, 0.29) is 59.2 Å². The molecule has 6 rings (SSSR count). The van der Waals surface area contributed by atoms with Crippen LogP contribution in [-0.2, 0) is 52.4 Å². The summed E-state index contributed by atoms with van der Waals surface area (Å²) in [6.45, 7) is 11.3. The van der Waals surface area contributed by atoms with Crippen LogP contribution in [0.5, 0.6) is 0 Å². The van der Waals surface area contributed by atoms with E-state index in [9.17, 15) is 43.9 Å². The molecule has 356 valence electrons. The number of primary sulfonamides is 1. The number of aromatic nitrogens is 1. The van der Waals surface area contributed by atoms with E-state index in [0.29, 0.717) is 33.8 Å². The first-order chi connectivity index (χ1) is 31.4. The van der Waals surface area contributed by atoms with Gasteiger partial charge in [0.15, 0.2) is 5.71 Å². The molecular formula is C48H57N6O10S3+. The highest BCUT2D eigenvalue weighted by Crippen LogP contribution is 2.49. The van der Waals surface area contributed by atoms with Crippen LogP contribution >= 0.6 is 0 Å². The van der Waals surface area contributed by atoms with Crippen LogP contribution in [0.2, 0.25) is 0 Å². The molecule has 2 amide bonds. The summed E-state index contributed by atoms with van der Waals surface area (Å²) in [4.78, 5) is 32.1. The number of allylic oxidation sites excluding steroid dienone is 6. The van der Waals surface area contributed by atoms with Crippen LogP contribution in [-0.4, -0.2) is 86.8 Å². The summed E-state index contributed by atoms with van der Waals surface area (Å²) in [5, 5.41) is 10.7. The molecule has 4 aromatic rings. The summed E-state index contributed by atoms with van der Waals surface area (Å²) in [6.07, 6.45) is 11.1. The zero-order valence-electron chi connectivity index (χ0n) is 38.1. The molecule has 1 aromatic heterocycles. The fraction of sp³-hybridized carbons (Fsp3) is 0.333. The molecule has 19 heteroatoms. The quantitative estimate of drug-likeness (QED) is 0.0401. The molecule has 3 aromatic carbocycles. The van der Waals surface area contributed by atoms with Crippen LogP contribution in [0.25, 0.3) is 5.57 Å². The van der Waals surface area contributed by atoms with Gasteiger partial charge < -0.3 is 15.5 Å². The van der Waals surface area contributed by atoms with Crippen molar-refractivity contribution in [3.05, 3.63) is 143 Å². The van der Waals surface area contributed by atoms with Crippen LogP contribution in [0.15, 0.2) is 125 Å². The average molecular weight is 974 g/mol. The summed E-state index contributed by atoms with van der Waals surface area (Å²) in [5.41, 5.74) is 5.97. The van der Waals surface area contributed by atoms with Gasteiger partial charge in [-0.2, -0.15) is 21.4 Å². The van der Waals surface area contributed by atoms with E-state index in [0.717, 1.165) is 30.8 Å². The summed E-state index contributed by atoms with van der Waals surface area (Å²) in [6, 6.07) is 21.8. The maximum absolute atomic E-state index is 13.3. The fourth-order valence-corrected chi connectivity index (χ4v) is 10.0. The third kappa shape index (κ3) is 12.0. The van der Waals surface area contributed by atoms with Crippen molar-refractivity contribution in [2.75, 3.05) is 30.3 Å². The Morgan fingerprint density at radius 3 is 2.27 bits per heavy atom. The van der Waals surface area contributed by atoms with Gasteiger partial charge in [0.05, 0.1) is 32.2 Å². The molecule has 0 bridgehead atoms. The number of amides is 2. The third-order valence-corrected chi connectivity index (χ3v) is 14.6. The van der Waals surface area contributed by atoms with Crippen molar-refractivity contribution in [2.45, 2.75) is 87.5 Å². The number of benzene rings is 3. The molecule has 2 aliphatic heterocycles. The SMILES string of the molecule is CCCC[N+]1=C(/C=C/C(=C/C=C2/N(CCCS(=O)(=O)O)c3ccc(S(=O)(=O)O)cc3C2(C)C)c2ccc(C(=O)NCCC(=O)NCc3cccc(S(N)(=O)=O)c3)cn2)C(C)(C)c2ccccc21. The lowest BCUT2D eigenvalue weighted by atomic mass is 9.81. The highest BCUT2D eigenvalue weighted by Gasteiger charge is 2.44. The van der Waals surface area contributed by atoms with E-state index in [4.69, 9.17) is 10.1 Å². The summed E-state index contributed by atoms with van der Waals surface area (Å²) in [5.74, 6) is -1.32. The molecule has 16 nitrogen and oxygen atoms in total. The maximum atomic E-state index is 13.3. The van der Waals surface area contributed by atoms with Gasteiger partial charge in [-0.1, -0.05) is 63.6 Å². The lowest BCUT2D eigenvalue weighted by molar-refractivity contribution is -0.438. The molecule has 67 heavy (non-hydrogen) atoms. The largest absolute Gasteiger partial charge is 0.352 e. The Kier molecular flexibility index (Phi) is 15.2. The number of carbonyl (C=O) groups excluding carboxylic acids is 2. The zero-order valence-corrected chi connectivity index (χ0v) is 40.5. The lowest BCUT2D eigenvalue weighted by Gasteiger charge is -2.27. The van der Waals surface area contributed by atoms with Crippen molar-refractivity contribution in [1.82, 2.24) is 15.6 Å². The predicted molar refractivity (Wildman–Crippen MR) is 258 cm³/mol. The fourth-order valence-electron chi connectivity index (χ4n) is 8.43. The Bertz CT molecular complexity index is 3030. The van der Waals surface area contributed by atoms with Crippen LogP contribution < -0.4 is 20.7 Å². The van der Waals surface area contributed by atoms with Crippen molar-refractivity contribution in [1.29, 1.82) is 0 Å². The molecule has 2 aliphatic rings. The van der Waals surface area contributed by atoms with Crippen LogP contribution in [0.1, 0.15) is 93.0 Å². The van der Waals surface area contributed by atoms with Gasteiger partial charge in [0, 0.05) is 78.8 Å². The molecular weight excluding hydrogens is 917 g/mol. The molecule has 0 saturated heterocycles. The summed E-state index contributed by atoms with van der Waals surface area (Å²) >= 11 is 0. The summed E-state index contributed by atoms with van der Waals surface area (Å²) < 4.78 is 93.2. The molecule has 0 fully saturated rings. The summed E-state index contributed by atoms with van der Waals surface area (Å²) in [7, 11) is -12.7. The zero-order chi connectivity index (χ0) is 49.0. The van der Waals surface area contributed by atoms with Gasteiger partial charge in [-0.3, -0.25) is 23.7 Å². The molecule has 0 atom stereocenters. The van der Waals surface area contributed by atoms with Crippen molar-refractivity contribution >= 4 is 64.7 Å². The molecule has 0 radical (unpaired) electrons. The highest BCUT2D eigenvalue weighted by atomic mass is 32.2. The van der Waals surface area contributed by atoms with E-state index in [2.05, 4.69) is 54.2 Å². The van der Waals surface area contributed by atoms with Crippen molar-refractivity contribution in [2.24, 2.45) is 5.14 Å². The monoisotopic (exact) mass is 973 g/mol. The van der Waals surface area contributed by atoms with Gasteiger partial charge in [0.1, 0.15) is 6.54 Å². The Balaban J connectivity index is 1.32. The second kappa shape index (κ2) is 20.2. The number of carbonyl (C=O) groups is 2. The molecule has 0 aliphatic carbocycles. The van der Waals surface area contributed by atoms with Gasteiger partial charge in [0.25, 0.3) is 26.1 Å². The van der Waals surface area contributed by atoms with Crippen molar-refractivity contribution in [3.8, 4) is 0 Å². The second-order valence-electron chi connectivity index (χ2n) is 17.5. The number of hydrogen-bond acceptors (Lipinski definition) is 10. The highest BCUT2D eigenvalue weighted by molar-refractivity contribution is 7.89. The Hall–Kier alpha value is -5.83. The number of unbranched alkanes of at least 4 members (excludes halogenated alkanes) is 1. The Labute approximate surface area is 393 Å². The number of sulfonamides is 1. The minimum Gasteiger partial charge on any atom is -0.352 e. The maximum Gasteiger partial charge on any atom is 0.294 e. The average Bonchev–Trinajstić information content (AvgIpc) is 3.61. The van der Waals surface area contributed by atoms with Crippen LogP contribution in [0, 0.1) is 0 Å². The van der Waals surface area contributed by atoms with Crippen molar-refractivity contribution in [3.63, 3.8) is 0 Å². The number of nitrogens with zero attached hydrogens (tertiary/aromatic N) is 3.